The molecule has 20 heavy (non-hydrogen) atoms. The van der Waals surface area contributed by atoms with Crippen molar-refractivity contribution in [3.05, 3.63) is 30.1 Å². The molecule has 1 aliphatic rings. The molecule has 3 unspecified atom stereocenters. The van der Waals surface area contributed by atoms with Crippen LogP contribution >= 0.6 is 0 Å². The molecular weight excluding hydrogens is 246 g/mol. The number of para-hydroxylation sites is 2. The first-order chi connectivity index (χ1) is 9.76. The Morgan fingerprint density at radius 3 is 3.00 bits per heavy atom. The first kappa shape index (κ1) is 13.6. The van der Waals surface area contributed by atoms with Crippen LogP contribution in [0, 0.1) is 5.92 Å². The molecule has 1 saturated carbocycles. The first-order valence-electron chi connectivity index (χ1n) is 7.97. The van der Waals surface area contributed by atoms with Gasteiger partial charge in [0.05, 0.1) is 17.1 Å². The third kappa shape index (κ3) is 2.88. The van der Waals surface area contributed by atoms with Gasteiger partial charge in [-0.05, 0) is 37.8 Å². The number of fused-ring (bicyclic) bond motifs is 1. The zero-order chi connectivity index (χ0) is 13.9. The monoisotopic (exact) mass is 271 g/mol. The minimum Gasteiger partial charge on any atom is -0.341 e. The third-order valence-electron chi connectivity index (χ3n) is 4.66. The fourth-order valence-electron chi connectivity index (χ4n) is 3.42. The standard InChI is InChI=1S/C17H25N3/c1-3-13-7-6-8-14(11-13)18-12(2)17-19-15-9-4-5-10-16(15)20-17/h4-5,9-10,12-14,18H,3,6-8,11H2,1-2H3,(H,19,20). The molecule has 3 rings (SSSR count). The Kier molecular flexibility index (Phi) is 4.06. The Labute approximate surface area is 121 Å². The van der Waals surface area contributed by atoms with Crippen LogP contribution in [0.2, 0.25) is 0 Å². The SMILES string of the molecule is CCC1CCCC(NC(C)c2nc3ccccc3[nH]2)C1. The second-order valence-electron chi connectivity index (χ2n) is 6.17. The maximum atomic E-state index is 4.70. The molecule has 0 amide bonds. The molecular formula is C17H25N3. The lowest BCUT2D eigenvalue weighted by molar-refractivity contribution is 0.264. The minimum atomic E-state index is 0.294. The van der Waals surface area contributed by atoms with Gasteiger partial charge in [-0.25, -0.2) is 4.98 Å². The molecule has 1 fully saturated rings. The van der Waals surface area contributed by atoms with Crippen molar-refractivity contribution in [3.8, 4) is 0 Å². The minimum absolute atomic E-state index is 0.294. The molecule has 0 saturated heterocycles. The Morgan fingerprint density at radius 2 is 2.20 bits per heavy atom. The van der Waals surface area contributed by atoms with Gasteiger partial charge in [0.1, 0.15) is 5.82 Å². The molecule has 1 heterocycles. The quantitative estimate of drug-likeness (QED) is 0.875. The van der Waals surface area contributed by atoms with Crippen molar-refractivity contribution in [3.63, 3.8) is 0 Å². The van der Waals surface area contributed by atoms with Crippen LogP contribution in [0.1, 0.15) is 57.8 Å². The fourth-order valence-corrected chi connectivity index (χ4v) is 3.42. The van der Waals surface area contributed by atoms with E-state index in [-0.39, 0.29) is 0 Å². The highest BCUT2D eigenvalue weighted by molar-refractivity contribution is 5.74. The van der Waals surface area contributed by atoms with E-state index in [4.69, 9.17) is 4.98 Å². The van der Waals surface area contributed by atoms with Gasteiger partial charge >= 0.3 is 0 Å². The van der Waals surface area contributed by atoms with Crippen molar-refractivity contribution < 1.29 is 0 Å². The molecule has 3 nitrogen and oxygen atoms in total. The lowest BCUT2D eigenvalue weighted by Crippen LogP contribution is -2.36. The summed E-state index contributed by atoms with van der Waals surface area (Å²) in [6.45, 7) is 4.53. The average molecular weight is 271 g/mol. The highest BCUT2D eigenvalue weighted by atomic mass is 15.0. The summed E-state index contributed by atoms with van der Waals surface area (Å²) in [6, 6.07) is 9.19. The van der Waals surface area contributed by atoms with Crippen LogP contribution in [0.15, 0.2) is 24.3 Å². The Bertz CT molecular complexity index is 527. The van der Waals surface area contributed by atoms with Gasteiger partial charge in [-0.3, -0.25) is 0 Å². The van der Waals surface area contributed by atoms with Crippen LogP contribution in [0.3, 0.4) is 0 Å². The van der Waals surface area contributed by atoms with Gasteiger partial charge in [-0.1, -0.05) is 38.3 Å². The summed E-state index contributed by atoms with van der Waals surface area (Å²) in [4.78, 5) is 8.14. The maximum absolute atomic E-state index is 4.70. The molecule has 108 valence electrons. The van der Waals surface area contributed by atoms with E-state index in [9.17, 15) is 0 Å². The van der Waals surface area contributed by atoms with Crippen molar-refractivity contribution in [1.82, 2.24) is 15.3 Å². The molecule has 0 radical (unpaired) electrons. The van der Waals surface area contributed by atoms with Crippen molar-refractivity contribution in [2.24, 2.45) is 5.92 Å². The van der Waals surface area contributed by atoms with Gasteiger partial charge < -0.3 is 10.3 Å². The molecule has 1 aliphatic carbocycles. The predicted octanol–water partition coefficient (Wildman–Crippen LogP) is 4.18. The molecule has 0 spiro atoms. The normalized spacial score (nSPS) is 24.9. The number of aromatic nitrogens is 2. The Morgan fingerprint density at radius 1 is 1.35 bits per heavy atom. The molecule has 3 atom stereocenters. The van der Waals surface area contributed by atoms with Gasteiger partial charge in [0.15, 0.2) is 0 Å². The van der Waals surface area contributed by atoms with E-state index in [0.29, 0.717) is 12.1 Å². The van der Waals surface area contributed by atoms with Gasteiger partial charge in [0.2, 0.25) is 0 Å². The Hall–Kier alpha value is -1.35. The molecule has 2 aromatic rings. The lowest BCUT2D eigenvalue weighted by Gasteiger charge is -2.31. The van der Waals surface area contributed by atoms with Crippen molar-refractivity contribution in [2.45, 2.75) is 58.0 Å². The van der Waals surface area contributed by atoms with Crippen LogP contribution in [0.25, 0.3) is 11.0 Å². The third-order valence-corrected chi connectivity index (χ3v) is 4.66. The second-order valence-corrected chi connectivity index (χ2v) is 6.17. The number of nitrogens with zero attached hydrogens (tertiary/aromatic N) is 1. The molecule has 1 aromatic carbocycles. The van der Waals surface area contributed by atoms with Crippen LogP contribution in [0.4, 0.5) is 0 Å². The molecule has 2 N–H and O–H groups in total. The topological polar surface area (TPSA) is 40.7 Å². The number of hydrogen-bond donors (Lipinski definition) is 2. The van der Waals surface area contributed by atoms with E-state index in [1.165, 1.54) is 32.1 Å². The first-order valence-corrected chi connectivity index (χ1v) is 7.97. The number of hydrogen-bond acceptors (Lipinski definition) is 2. The summed E-state index contributed by atoms with van der Waals surface area (Å²) in [7, 11) is 0. The number of nitrogens with one attached hydrogen (secondary N) is 2. The summed E-state index contributed by atoms with van der Waals surface area (Å²) in [5, 5.41) is 3.77. The number of benzene rings is 1. The van der Waals surface area contributed by atoms with Gasteiger partial charge in [0, 0.05) is 6.04 Å². The summed E-state index contributed by atoms with van der Waals surface area (Å²) in [5.41, 5.74) is 2.19. The maximum Gasteiger partial charge on any atom is 0.124 e. The lowest BCUT2D eigenvalue weighted by atomic mass is 9.84. The summed E-state index contributed by atoms with van der Waals surface area (Å²) >= 11 is 0. The van der Waals surface area contributed by atoms with E-state index < -0.39 is 0 Å². The number of rotatable bonds is 4. The predicted molar refractivity (Wildman–Crippen MR) is 83.7 cm³/mol. The van der Waals surface area contributed by atoms with Crippen LogP contribution in [-0.4, -0.2) is 16.0 Å². The van der Waals surface area contributed by atoms with E-state index in [0.717, 1.165) is 22.8 Å². The smallest absolute Gasteiger partial charge is 0.124 e. The number of imidazole rings is 1. The van der Waals surface area contributed by atoms with Crippen LogP contribution in [-0.2, 0) is 0 Å². The van der Waals surface area contributed by atoms with Gasteiger partial charge in [-0.2, -0.15) is 0 Å². The van der Waals surface area contributed by atoms with Gasteiger partial charge in [0.25, 0.3) is 0 Å². The average Bonchev–Trinajstić information content (AvgIpc) is 2.91. The zero-order valence-electron chi connectivity index (χ0n) is 12.5. The second kappa shape index (κ2) is 5.96. The van der Waals surface area contributed by atoms with E-state index >= 15 is 0 Å². The molecule has 1 aromatic heterocycles. The van der Waals surface area contributed by atoms with E-state index in [1.807, 2.05) is 6.07 Å². The van der Waals surface area contributed by atoms with Crippen molar-refractivity contribution >= 4 is 11.0 Å². The number of aromatic amines is 1. The fraction of sp³-hybridized carbons (Fsp3) is 0.588. The number of H-pyrrole nitrogens is 1. The highest BCUT2D eigenvalue weighted by Gasteiger charge is 2.23. The van der Waals surface area contributed by atoms with Crippen LogP contribution in [0.5, 0.6) is 0 Å². The summed E-state index contributed by atoms with van der Waals surface area (Å²) in [6.07, 6.45) is 6.72. The van der Waals surface area contributed by atoms with Crippen molar-refractivity contribution in [2.75, 3.05) is 0 Å². The molecule has 3 heteroatoms. The summed E-state index contributed by atoms with van der Waals surface area (Å²) < 4.78 is 0. The summed E-state index contributed by atoms with van der Waals surface area (Å²) in [5.74, 6) is 1.97. The van der Waals surface area contributed by atoms with E-state index in [2.05, 4.69) is 42.3 Å². The Balaban J connectivity index is 1.67. The zero-order valence-corrected chi connectivity index (χ0v) is 12.5. The van der Waals surface area contributed by atoms with Crippen molar-refractivity contribution in [1.29, 1.82) is 0 Å². The molecule has 0 bridgehead atoms. The highest BCUT2D eigenvalue weighted by Crippen LogP contribution is 2.28. The van der Waals surface area contributed by atoms with Gasteiger partial charge in [-0.15, -0.1) is 0 Å². The molecule has 0 aliphatic heterocycles. The largest absolute Gasteiger partial charge is 0.341 e. The van der Waals surface area contributed by atoms with Crippen LogP contribution < -0.4 is 5.32 Å². The van der Waals surface area contributed by atoms with E-state index in [1.54, 1.807) is 0 Å².